The summed E-state index contributed by atoms with van der Waals surface area (Å²) in [6, 6.07) is 6.36. The second kappa shape index (κ2) is 4.01. The molecule has 0 saturated carbocycles. The van der Waals surface area contributed by atoms with Gasteiger partial charge in [-0.3, -0.25) is 0 Å². The molecule has 0 aromatic heterocycles. The van der Waals surface area contributed by atoms with Gasteiger partial charge in [0.15, 0.2) is 0 Å². The molecule has 0 saturated heterocycles. The summed E-state index contributed by atoms with van der Waals surface area (Å²) in [5.41, 5.74) is 5.80. The number of aromatic carboxylic acids is 1. The van der Waals surface area contributed by atoms with E-state index in [9.17, 15) is 4.79 Å². The molecule has 0 aliphatic carbocycles. The smallest absolute Gasteiger partial charge is 0.337 e. The van der Waals surface area contributed by atoms with Crippen LogP contribution in [0.4, 0.5) is 5.69 Å². The quantitative estimate of drug-likeness (QED) is 0.514. The maximum atomic E-state index is 10.3. The van der Waals surface area contributed by atoms with E-state index in [-0.39, 0.29) is 22.6 Å². The minimum atomic E-state index is -0.988. The van der Waals surface area contributed by atoms with Crippen LogP contribution in [0, 0.1) is 0 Å². The molecular weight excluding hydrogens is 185 g/mol. The first kappa shape index (κ1) is 10.0. The Bertz CT molecular complexity index is 262. The predicted molar refractivity (Wildman–Crippen MR) is 37.8 cm³/mol. The number of hydrogen-bond acceptors (Lipinski definition) is 2. The number of carboxylic acids is 1. The van der Waals surface area contributed by atoms with E-state index in [4.69, 9.17) is 10.8 Å². The van der Waals surface area contributed by atoms with Crippen molar-refractivity contribution in [1.29, 1.82) is 0 Å². The van der Waals surface area contributed by atoms with Gasteiger partial charge < -0.3 is 10.8 Å². The molecule has 0 fully saturated rings. The minimum absolute atomic E-state index is 0. The molecule has 4 heteroatoms. The zero-order valence-corrected chi connectivity index (χ0v) is 6.80. The van der Waals surface area contributed by atoms with Crippen LogP contribution in [0.25, 0.3) is 0 Å². The van der Waals surface area contributed by atoms with Gasteiger partial charge in [0, 0.05) is 22.8 Å². The number of nitrogens with two attached hydrogens (primary N) is 1. The van der Waals surface area contributed by atoms with Crippen molar-refractivity contribution in [2.45, 2.75) is 0 Å². The summed E-state index contributed by atoms with van der Waals surface area (Å²) in [4.78, 5) is 10.3. The molecule has 0 aliphatic heterocycles. The Morgan fingerprint density at radius 2 is 1.91 bits per heavy atom. The van der Waals surface area contributed by atoms with Gasteiger partial charge >= 0.3 is 5.97 Å². The van der Waals surface area contributed by atoms with E-state index in [1.165, 1.54) is 6.07 Å². The number of benzene rings is 1. The van der Waals surface area contributed by atoms with Crippen molar-refractivity contribution in [2.75, 3.05) is 5.73 Å². The molecule has 0 aliphatic rings. The summed E-state index contributed by atoms with van der Waals surface area (Å²) in [5, 5.41) is 8.49. The van der Waals surface area contributed by atoms with Crippen LogP contribution in [0.3, 0.4) is 0 Å². The van der Waals surface area contributed by atoms with E-state index in [1.807, 2.05) is 0 Å². The van der Waals surface area contributed by atoms with Gasteiger partial charge in [0.2, 0.25) is 0 Å². The molecule has 1 radical (unpaired) electrons. The largest absolute Gasteiger partial charge is 0.478 e. The summed E-state index contributed by atoms with van der Waals surface area (Å²) in [6.07, 6.45) is 0. The first-order chi connectivity index (χ1) is 4.72. The fraction of sp³-hybridized carbons (Fsp3) is 0. The van der Waals surface area contributed by atoms with E-state index in [2.05, 4.69) is 0 Å². The topological polar surface area (TPSA) is 63.3 Å². The van der Waals surface area contributed by atoms with E-state index in [0.717, 1.165) is 0 Å². The van der Waals surface area contributed by atoms with Crippen LogP contribution in [-0.2, 0) is 17.1 Å². The summed E-state index contributed by atoms with van der Waals surface area (Å²) in [6.45, 7) is 0. The van der Waals surface area contributed by atoms with Crippen LogP contribution in [-0.4, -0.2) is 11.1 Å². The number of carbonyl (C=O) groups is 1. The van der Waals surface area contributed by atoms with Gasteiger partial charge in [-0.1, -0.05) is 12.1 Å². The van der Waals surface area contributed by atoms with Crippen LogP contribution in [0.5, 0.6) is 0 Å². The van der Waals surface area contributed by atoms with Crippen molar-refractivity contribution in [3.05, 3.63) is 29.8 Å². The second-order valence-corrected chi connectivity index (χ2v) is 1.89. The molecule has 0 bridgehead atoms. The van der Waals surface area contributed by atoms with Crippen molar-refractivity contribution in [2.24, 2.45) is 0 Å². The third-order valence-corrected chi connectivity index (χ3v) is 1.19. The van der Waals surface area contributed by atoms with Crippen molar-refractivity contribution in [1.82, 2.24) is 0 Å². The first-order valence-electron chi connectivity index (χ1n) is 2.79. The Morgan fingerprint density at radius 1 is 1.36 bits per heavy atom. The predicted octanol–water partition coefficient (Wildman–Crippen LogP) is 0.965. The summed E-state index contributed by atoms with van der Waals surface area (Å²) >= 11 is 0. The SMILES string of the molecule is Nc1ccccc1C(=O)O.[Mn]. The summed E-state index contributed by atoms with van der Waals surface area (Å²) < 4.78 is 0. The van der Waals surface area contributed by atoms with Crippen molar-refractivity contribution < 1.29 is 27.0 Å². The average Bonchev–Trinajstić information content (AvgIpc) is 1.88. The average molecular weight is 192 g/mol. The Hall–Kier alpha value is -0.991. The van der Waals surface area contributed by atoms with Crippen LogP contribution < -0.4 is 5.73 Å². The number of carboxylic acid groups (broad SMARTS) is 1. The molecule has 0 spiro atoms. The van der Waals surface area contributed by atoms with Crippen LogP contribution in [0.15, 0.2) is 24.3 Å². The molecule has 0 heterocycles. The number of anilines is 1. The van der Waals surface area contributed by atoms with Crippen LogP contribution in [0.1, 0.15) is 10.4 Å². The Kier molecular flexibility index (Phi) is 3.65. The first-order valence-corrected chi connectivity index (χ1v) is 2.79. The van der Waals surface area contributed by atoms with Crippen molar-refractivity contribution in [3.8, 4) is 0 Å². The zero-order chi connectivity index (χ0) is 7.56. The number of nitrogen functional groups attached to an aromatic ring is 1. The van der Waals surface area contributed by atoms with Crippen molar-refractivity contribution in [3.63, 3.8) is 0 Å². The van der Waals surface area contributed by atoms with E-state index in [0.29, 0.717) is 5.69 Å². The van der Waals surface area contributed by atoms with Gasteiger partial charge in [-0.25, -0.2) is 4.79 Å². The minimum Gasteiger partial charge on any atom is -0.478 e. The second-order valence-electron chi connectivity index (χ2n) is 1.89. The van der Waals surface area contributed by atoms with Gasteiger partial charge in [-0.05, 0) is 12.1 Å². The van der Waals surface area contributed by atoms with Gasteiger partial charge in [0.05, 0.1) is 5.56 Å². The molecular formula is C7H7MnNO2. The number of hydrogen-bond donors (Lipinski definition) is 2. The fourth-order valence-electron chi connectivity index (χ4n) is 0.692. The summed E-state index contributed by atoms with van der Waals surface area (Å²) in [7, 11) is 0. The van der Waals surface area contributed by atoms with Gasteiger partial charge in [0.1, 0.15) is 0 Å². The molecule has 0 unspecified atom stereocenters. The maximum Gasteiger partial charge on any atom is 0.337 e. The normalized spacial score (nSPS) is 8.36. The fourth-order valence-corrected chi connectivity index (χ4v) is 0.692. The zero-order valence-electron chi connectivity index (χ0n) is 5.62. The van der Waals surface area contributed by atoms with Gasteiger partial charge in [-0.15, -0.1) is 0 Å². The standard InChI is InChI=1S/C7H7NO2.Mn/c8-6-4-2-1-3-5(6)7(9)10;/h1-4H,8H2,(H,9,10);. The van der Waals surface area contributed by atoms with Crippen LogP contribution in [0.2, 0.25) is 0 Å². The summed E-state index contributed by atoms with van der Waals surface area (Å²) in [5.74, 6) is -0.988. The van der Waals surface area contributed by atoms with Crippen LogP contribution >= 0.6 is 0 Å². The molecule has 59 valence electrons. The molecule has 3 nitrogen and oxygen atoms in total. The Labute approximate surface area is 74.7 Å². The molecule has 1 aromatic carbocycles. The maximum absolute atomic E-state index is 10.3. The third-order valence-electron chi connectivity index (χ3n) is 1.19. The van der Waals surface area contributed by atoms with E-state index < -0.39 is 5.97 Å². The molecule has 3 N–H and O–H groups in total. The monoisotopic (exact) mass is 192 g/mol. The molecule has 1 rings (SSSR count). The Balaban J connectivity index is 0.000001000. The third kappa shape index (κ3) is 2.26. The molecule has 0 atom stereocenters. The Morgan fingerprint density at radius 3 is 2.27 bits per heavy atom. The molecule has 1 aromatic rings. The van der Waals surface area contributed by atoms with E-state index in [1.54, 1.807) is 18.2 Å². The number of para-hydroxylation sites is 1. The molecule has 0 amide bonds. The van der Waals surface area contributed by atoms with Crippen molar-refractivity contribution >= 4 is 11.7 Å². The van der Waals surface area contributed by atoms with E-state index >= 15 is 0 Å². The number of rotatable bonds is 1. The molecule has 11 heavy (non-hydrogen) atoms. The van der Waals surface area contributed by atoms with Gasteiger partial charge in [-0.2, -0.15) is 0 Å². The van der Waals surface area contributed by atoms with Gasteiger partial charge in [0.25, 0.3) is 0 Å².